The highest BCUT2D eigenvalue weighted by Crippen LogP contribution is 2.22. The Balaban J connectivity index is 2.27. The monoisotopic (exact) mass is 320 g/mol. The number of nitrogen functional groups attached to an aromatic ring is 1. The lowest BCUT2D eigenvalue weighted by Crippen LogP contribution is -2.03. The first kappa shape index (κ1) is 13.8. The van der Waals surface area contributed by atoms with E-state index in [2.05, 4.69) is 50.3 Å². The van der Waals surface area contributed by atoms with Crippen LogP contribution in [0.2, 0.25) is 0 Å². The fourth-order valence-electron chi connectivity index (χ4n) is 1.87. The minimum Gasteiger partial charge on any atom is -0.384 e. The molecule has 19 heavy (non-hydrogen) atoms. The summed E-state index contributed by atoms with van der Waals surface area (Å²) in [6.07, 6.45) is 1.83. The number of aromatic nitrogens is 2. The van der Waals surface area contributed by atoms with Gasteiger partial charge in [0.05, 0.1) is 0 Å². The first-order chi connectivity index (χ1) is 9.06. The molecule has 0 radical (unpaired) electrons. The van der Waals surface area contributed by atoms with E-state index < -0.39 is 0 Å². The summed E-state index contributed by atoms with van der Waals surface area (Å²) in [5.41, 5.74) is 7.96. The molecule has 0 fully saturated rings. The molecule has 4 nitrogen and oxygen atoms in total. The Morgan fingerprint density at radius 1 is 1.21 bits per heavy atom. The summed E-state index contributed by atoms with van der Waals surface area (Å²) in [5.74, 6) is 2.00. The molecule has 5 heteroatoms. The molecule has 1 heterocycles. The highest BCUT2D eigenvalue weighted by atomic mass is 79.9. The summed E-state index contributed by atoms with van der Waals surface area (Å²) >= 11 is 3.48. The van der Waals surface area contributed by atoms with E-state index in [0.717, 1.165) is 34.6 Å². The van der Waals surface area contributed by atoms with Gasteiger partial charge in [-0.2, -0.15) is 0 Å². The highest BCUT2D eigenvalue weighted by Gasteiger charge is 2.03. The van der Waals surface area contributed by atoms with E-state index in [1.165, 1.54) is 5.56 Å². The average Bonchev–Trinajstić information content (AvgIpc) is 2.26. The molecule has 2 rings (SSSR count). The quantitative estimate of drug-likeness (QED) is 0.898. The summed E-state index contributed by atoms with van der Waals surface area (Å²) < 4.78 is 1.03. The van der Waals surface area contributed by atoms with Crippen molar-refractivity contribution in [1.29, 1.82) is 0 Å². The van der Waals surface area contributed by atoms with Gasteiger partial charge in [0.15, 0.2) is 0 Å². The van der Waals surface area contributed by atoms with Crippen LogP contribution in [0.5, 0.6) is 0 Å². The van der Waals surface area contributed by atoms with Crippen molar-refractivity contribution in [3.05, 3.63) is 40.1 Å². The van der Waals surface area contributed by atoms with Crippen LogP contribution in [0.25, 0.3) is 0 Å². The summed E-state index contributed by atoms with van der Waals surface area (Å²) in [7, 11) is 0. The maximum absolute atomic E-state index is 5.80. The zero-order chi connectivity index (χ0) is 13.8. The van der Waals surface area contributed by atoms with Crippen LogP contribution < -0.4 is 11.1 Å². The SMILES string of the molecule is CCCc1nc(N)cc(Nc2cc(C)cc(Br)c2)n1. The van der Waals surface area contributed by atoms with E-state index >= 15 is 0 Å². The number of benzene rings is 1. The lowest BCUT2D eigenvalue weighted by Gasteiger charge is -2.09. The van der Waals surface area contributed by atoms with Gasteiger partial charge in [0, 0.05) is 22.6 Å². The average molecular weight is 321 g/mol. The Morgan fingerprint density at radius 3 is 2.68 bits per heavy atom. The summed E-state index contributed by atoms with van der Waals surface area (Å²) in [4.78, 5) is 8.68. The third-order valence-corrected chi connectivity index (χ3v) is 3.04. The maximum Gasteiger partial charge on any atom is 0.136 e. The van der Waals surface area contributed by atoms with Crippen LogP contribution >= 0.6 is 15.9 Å². The molecule has 1 aromatic carbocycles. The van der Waals surface area contributed by atoms with Crippen LogP contribution in [-0.4, -0.2) is 9.97 Å². The molecule has 0 spiro atoms. The summed E-state index contributed by atoms with van der Waals surface area (Å²) in [5, 5.41) is 3.26. The standard InChI is InChI=1S/C14H17BrN4/c1-3-4-13-18-12(16)8-14(19-13)17-11-6-9(2)5-10(15)7-11/h5-8H,3-4H2,1-2H3,(H3,16,17,18,19). The lowest BCUT2D eigenvalue weighted by molar-refractivity contribution is 0.839. The van der Waals surface area contributed by atoms with Crippen molar-refractivity contribution >= 4 is 33.3 Å². The molecule has 0 saturated heterocycles. The minimum absolute atomic E-state index is 0.493. The molecule has 0 amide bonds. The maximum atomic E-state index is 5.80. The van der Waals surface area contributed by atoms with Gasteiger partial charge >= 0.3 is 0 Å². The van der Waals surface area contributed by atoms with Crippen molar-refractivity contribution in [3.63, 3.8) is 0 Å². The smallest absolute Gasteiger partial charge is 0.136 e. The molecule has 0 aliphatic heterocycles. The Bertz CT molecular complexity index is 563. The second-order valence-corrected chi connectivity index (χ2v) is 5.40. The zero-order valence-corrected chi connectivity index (χ0v) is 12.7. The number of anilines is 3. The van der Waals surface area contributed by atoms with Gasteiger partial charge < -0.3 is 11.1 Å². The van der Waals surface area contributed by atoms with Crippen LogP contribution in [0.3, 0.4) is 0 Å². The number of hydrogen-bond acceptors (Lipinski definition) is 4. The van der Waals surface area contributed by atoms with E-state index in [1.54, 1.807) is 6.07 Å². The van der Waals surface area contributed by atoms with Gasteiger partial charge in [-0.3, -0.25) is 0 Å². The molecule has 0 aliphatic rings. The molecule has 100 valence electrons. The molecule has 0 bridgehead atoms. The Kier molecular flexibility index (Phi) is 4.37. The van der Waals surface area contributed by atoms with Gasteiger partial charge in [-0.25, -0.2) is 9.97 Å². The Hall–Kier alpha value is -1.62. The van der Waals surface area contributed by atoms with Crippen LogP contribution in [-0.2, 0) is 6.42 Å². The third-order valence-electron chi connectivity index (χ3n) is 2.58. The number of nitrogens with zero attached hydrogens (tertiary/aromatic N) is 2. The van der Waals surface area contributed by atoms with Gasteiger partial charge in [0.2, 0.25) is 0 Å². The van der Waals surface area contributed by atoms with Gasteiger partial charge in [-0.1, -0.05) is 22.9 Å². The van der Waals surface area contributed by atoms with Crippen molar-refractivity contribution in [3.8, 4) is 0 Å². The first-order valence-corrected chi connectivity index (χ1v) is 7.04. The van der Waals surface area contributed by atoms with Crippen LogP contribution in [0.15, 0.2) is 28.7 Å². The second-order valence-electron chi connectivity index (χ2n) is 4.49. The Morgan fingerprint density at radius 2 is 2.00 bits per heavy atom. The summed E-state index contributed by atoms with van der Waals surface area (Å²) in [6.45, 7) is 4.14. The van der Waals surface area contributed by atoms with Crippen LogP contribution in [0.1, 0.15) is 24.7 Å². The topological polar surface area (TPSA) is 63.8 Å². The molecule has 0 atom stereocenters. The Labute approximate surface area is 121 Å². The molecule has 2 aromatic rings. The van der Waals surface area contributed by atoms with Gasteiger partial charge in [-0.05, 0) is 37.1 Å². The molecule has 3 N–H and O–H groups in total. The number of hydrogen-bond donors (Lipinski definition) is 2. The minimum atomic E-state index is 0.493. The second kappa shape index (κ2) is 6.02. The van der Waals surface area contributed by atoms with Crippen LogP contribution in [0.4, 0.5) is 17.3 Å². The van der Waals surface area contributed by atoms with Crippen molar-refractivity contribution in [2.24, 2.45) is 0 Å². The highest BCUT2D eigenvalue weighted by molar-refractivity contribution is 9.10. The van der Waals surface area contributed by atoms with Gasteiger partial charge in [-0.15, -0.1) is 0 Å². The van der Waals surface area contributed by atoms with E-state index in [1.807, 2.05) is 13.0 Å². The molecule has 0 saturated carbocycles. The van der Waals surface area contributed by atoms with Gasteiger partial charge in [0.1, 0.15) is 17.5 Å². The van der Waals surface area contributed by atoms with Crippen molar-refractivity contribution in [1.82, 2.24) is 9.97 Å². The predicted molar refractivity (Wildman–Crippen MR) is 82.6 cm³/mol. The lowest BCUT2D eigenvalue weighted by atomic mass is 10.2. The van der Waals surface area contributed by atoms with E-state index in [-0.39, 0.29) is 0 Å². The molecule has 0 aliphatic carbocycles. The summed E-state index contributed by atoms with van der Waals surface area (Å²) in [6, 6.07) is 7.87. The van der Waals surface area contributed by atoms with E-state index in [0.29, 0.717) is 5.82 Å². The molecule has 0 unspecified atom stereocenters. The zero-order valence-electron chi connectivity index (χ0n) is 11.1. The number of nitrogens with one attached hydrogen (secondary N) is 1. The number of rotatable bonds is 4. The predicted octanol–water partition coefficient (Wildman–Crippen LogP) is 3.83. The number of halogens is 1. The fraction of sp³-hybridized carbons (Fsp3) is 0.286. The van der Waals surface area contributed by atoms with Crippen molar-refractivity contribution in [2.75, 3.05) is 11.1 Å². The number of aryl methyl sites for hydroxylation is 2. The fourth-order valence-corrected chi connectivity index (χ4v) is 2.48. The van der Waals surface area contributed by atoms with Crippen molar-refractivity contribution in [2.45, 2.75) is 26.7 Å². The van der Waals surface area contributed by atoms with Crippen LogP contribution in [0, 0.1) is 6.92 Å². The van der Waals surface area contributed by atoms with E-state index in [9.17, 15) is 0 Å². The first-order valence-electron chi connectivity index (χ1n) is 6.24. The van der Waals surface area contributed by atoms with Gasteiger partial charge in [0.25, 0.3) is 0 Å². The molecular formula is C14H17BrN4. The molecule has 1 aromatic heterocycles. The number of nitrogens with two attached hydrogens (primary N) is 1. The molecular weight excluding hydrogens is 304 g/mol. The van der Waals surface area contributed by atoms with E-state index in [4.69, 9.17) is 5.73 Å². The normalized spacial score (nSPS) is 10.5. The third kappa shape index (κ3) is 3.92. The van der Waals surface area contributed by atoms with Crippen molar-refractivity contribution < 1.29 is 0 Å². The largest absolute Gasteiger partial charge is 0.384 e.